The van der Waals surface area contributed by atoms with E-state index >= 15 is 0 Å². The Morgan fingerprint density at radius 3 is 2.73 bits per heavy atom. The molecule has 3 heterocycles. The number of nitrogens with zero attached hydrogens (tertiary/aromatic N) is 5. The topological polar surface area (TPSA) is 72.9 Å². The monoisotopic (exact) mass is 382 g/mol. The van der Waals surface area contributed by atoms with Crippen LogP contribution in [0, 0.1) is 18.6 Å². The van der Waals surface area contributed by atoms with Gasteiger partial charge >= 0.3 is 0 Å². The summed E-state index contributed by atoms with van der Waals surface area (Å²) >= 11 is 1.42. The summed E-state index contributed by atoms with van der Waals surface area (Å²) in [5.74, 6) is -1.40. The van der Waals surface area contributed by atoms with Gasteiger partial charge in [0.1, 0.15) is 16.2 Å². The molecule has 1 fully saturated rings. The van der Waals surface area contributed by atoms with Crippen molar-refractivity contribution >= 4 is 28.3 Å². The zero-order valence-electron chi connectivity index (χ0n) is 14.0. The molecule has 0 bridgehead atoms. The molecule has 4 rings (SSSR count). The van der Waals surface area contributed by atoms with Gasteiger partial charge in [-0.15, -0.1) is 10.2 Å². The van der Waals surface area contributed by atoms with Crippen molar-refractivity contribution in [2.45, 2.75) is 32.1 Å². The third-order valence-corrected chi connectivity index (χ3v) is 5.31. The van der Waals surface area contributed by atoms with Crippen molar-refractivity contribution in [2.24, 2.45) is 5.73 Å². The number of hydrogen-bond acceptors (Lipinski definition) is 6. The molecular formula is C16H17F3N6S. The summed E-state index contributed by atoms with van der Waals surface area (Å²) in [4.78, 5) is 6.31. The van der Waals surface area contributed by atoms with Crippen LogP contribution >= 0.6 is 11.3 Å². The van der Waals surface area contributed by atoms with Crippen molar-refractivity contribution in [3.63, 3.8) is 0 Å². The van der Waals surface area contributed by atoms with Gasteiger partial charge in [0.15, 0.2) is 11.6 Å². The number of hydrogen-bond donors (Lipinski definition) is 1. The van der Waals surface area contributed by atoms with Gasteiger partial charge in [-0.1, -0.05) is 11.3 Å². The van der Waals surface area contributed by atoms with Crippen LogP contribution < -0.4 is 10.6 Å². The fourth-order valence-corrected chi connectivity index (χ4v) is 3.87. The average Bonchev–Trinajstić information content (AvgIpc) is 3.15. The highest BCUT2D eigenvalue weighted by Crippen LogP contribution is 2.28. The van der Waals surface area contributed by atoms with E-state index in [1.165, 1.54) is 11.3 Å². The first-order chi connectivity index (χ1) is 12.4. The third kappa shape index (κ3) is 3.03. The Kier molecular flexibility index (Phi) is 4.31. The zero-order valence-corrected chi connectivity index (χ0v) is 14.8. The first kappa shape index (κ1) is 17.2. The van der Waals surface area contributed by atoms with Gasteiger partial charge in [-0.25, -0.2) is 18.2 Å². The Bertz CT molecular complexity index is 955. The van der Waals surface area contributed by atoms with Crippen molar-refractivity contribution in [1.29, 1.82) is 0 Å². The molecule has 1 aliphatic heterocycles. The van der Waals surface area contributed by atoms with Gasteiger partial charge < -0.3 is 15.2 Å². The van der Waals surface area contributed by atoms with E-state index in [1.807, 2.05) is 11.8 Å². The fourth-order valence-electron chi connectivity index (χ4n) is 3.18. The first-order valence-electron chi connectivity index (χ1n) is 8.21. The summed E-state index contributed by atoms with van der Waals surface area (Å²) in [6, 6.07) is 1.56. The van der Waals surface area contributed by atoms with Crippen molar-refractivity contribution in [2.75, 3.05) is 18.0 Å². The van der Waals surface area contributed by atoms with E-state index in [2.05, 4.69) is 15.2 Å². The van der Waals surface area contributed by atoms with Crippen LogP contribution in [0.5, 0.6) is 0 Å². The molecule has 10 heteroatoms. The Hall–Kier alpha value is -2.20. The van der Waals surface area contributed by atoms with E-state index < -0.39 is 23.8 Å². The molecule has 0 aliphatic carbocycles. The van der Waals surface area contributed by atoms with Gasteiger partial charge in [0.2, 0.25) is 5.95 Å². The fraction of sp³-hybridized carbons (Fsp3) is 0.438. The Morgan fingerprint density at radius 1 is 1.27 bits per heavy atom. The molecule has 0 spiro atoms. The van der Waals surface area contributed by atoms with Crippen molar-refractivity contribution < 1.29 is 13.2 Å². The smallest absolute Gasteiger partial charge is 0.207 e. The lowest BCUT2D eigenvalue weighted by atomic mass is 10.1. The van der Waals surface area contributed by atoms with E-state index in [0.717, 1.165) is 22.1 Å². The van der Waals surface area contributed by atoms with E-state index in [1.54, 1.807) is 4.57 Å². The molecule has 26 heavy (non-hydrogen) atoms. The summed E-state index contributed by atoms with van der Waals surface area (Å²) < 4.78 is 42.9. The number of aryl methyl sites for hydroxylation is 1. The summed E-state index contributed by atoms with van der Waals surface area (Å²) in [5, 5.41) is 9.62. The van der Waals surface area contributed by atoms with Gasteiger partial charge in [-0.3, -0.25) is 0 Å². The molecule has 6 nitrogen and oxygen atoms in total. The quantitative estimate of drug-likeness (QED) is 0.753. The number of imidazole rings is 1. The van der Waals surface area contributed by atoms with Crippen LogP contribution in [-0.2, 0) is 6.54 Å². The van der Waals surface area contributed by atoms with Crippen molar-refractivity contribution in [3.8, 4) is 0 Å². The largest absolute Gasteiger partial charge is 0.340 e. The number of benzene rings is 1. The van der Waals surface area contributed by atoms with Crippen molar-refractivity contribution in [3.05, 3.63) is 33.8 Å². The van der Waals surface area contributed by atoms with Crippen LogP contribution in [0.3, 0.4) is 0 Å². The standard InChI is InChI=1S/C16H17F3N6S/c1-8-22-23-15(26-8)7-25-14-5-11(19)10(18)4-13(14)21-16(25)24-3-2-9(17)12(20)6-24/h4-5,9,12H,2-3,6-7,20H2,1H3/t9-,12-/m1/s1. The molecule has 0 amide bonds. The lowest BCUT2D eigenvalue weighted by Gasteiger charge is -2.34. The Morgan fingerprint density at radius 2 is 2.04 bits per heavy atom. The molecule has 2 atom stereocenters. The van der Waals surface area contributed by atoms with Crippen LogP contribution in [0.2, 0.25) is 0 Å². The second kappa shape index (κ2) is 6.51. The number of nitrogens with two attached hydrogens (primary N) is 1. The highest BCUT2D eigenvalue weighted by Gasteiger charge is 2.29. The SMILES string of the molecule is Cc1nnc(Cn2c(N3CC[C@@H](F)[C@H](N)C3)nc3cc(F)c(F)cc32)s1. The Labute approximate surface area is 151 Å². The minimum atomic E-state index is -1.07. The van der Waals surface area contributed by atoms with E-state index in [0.29, 0.717) is 30.1 Å². The van der Waals surface area contributed by atoms with Gasteiger partial charge in [0, 0.05) is 25.2 Å². The molecule has 0 saturated carbocycles. The van der Waals surface area contributed by atoms with E-state index in [9.17, 15) is 13.2 Å². The predicted octanol–water partition coefficient (Wildman–Crippen LogP) is 2.40. The molecule has 138 valence electrons. The van der Waals surface area contributed by atoms with Crippen LogP contribution in [0.1, 0.15) is 16.4 Å². The van der Waals surface area contributed by atoms with Crippen LogP contribution in [0.15, 0.2) is 12.1 Å². The first-order valence-corrected chi connectivity index (χ1v) is 9.03. The van der Waals surface area contributed by atoms with Crippen LogP contribution in [-0.4, -0.2) is 45.1 Å². The minimum absolute atomic E-state index is 0.282. The highest BCUT2D eigenvalue weighted by molar-refractivity contribution is 7.11. The Balaban J connectivity index is 1.81. The molecule has 0 unspecified atom stereocenters. The summed E-state index contributed by atoms with van der Waals surface area (Å²) in [6.45, 7) is 2.87. The normalized spacial score (nSPS) is 20.9. The molecular weight excluding hydrogens is 365 g/mol. The van der Waals surface area contributed by atoms with E-state index in [-0.39, 0.29) is 13.0 Å². The number of piperidine rings is 1. The number of anilines is 1. The maximum Gasteiger partial charge on any atom is 0.207 e. The lowest BCUT2D eigenvalue weighted by molar-refractivity contribution is 0.243. The summed E-state index contributed by atoms with van der Waals surface area (Å²) in [7, 11) is 0. The molecule has 0 radical (unpaired) electrons. The average molecular weight is 382 g/mol. The lowest BCUT2D eigenvalue weighted by Crippen LogP contribution is -2.50. The molecule has 3 aromatic rings. The number of alkyl halides is 1. The van der Waals surface area contributed by atoms with Crippen molar-refractivity contribution in [1.82, 2.24) is 19.7 Å². The molecule has 2 N–H and O–H groups in total. The van der Waals surface area contributed by atoms with E-state index in [4.69, 9.17) is 5.73 Å². The number of rotatable bonds is 3. The highest BCUT2D eigenvalue weighted by atomic mass is 32.1. The van der Waals surface area contributed by atoms with Gasteiger partial charge in [0.25, 0.3) is 0 Å². The van der Waals surface area contributed by atoms with Crippen LogP contribution in [0.25, 0.3) is 11.0 Å². The second-order valence-electron chi connectivity index (χ2n) is 6.38. The summed E-state index contributed by atoms with van der Waals surface area (Å²) in [6.07, 6.45) is -0.782. The molecule has 1 saturated heterocycles. The maximum atomic E-state index is 13.8. The van der Waals surface area contributed by atoms with Gasteiger partial charge in [-0.05, 0) is 13.3 Å². The molecule has 1 aromatic carbocycles. The molecule has 2 aromatic heterocycles. The summed E-state index contributed by atoms with van der Waals surface area (Å²) in [5.41, 5.74) is 6.64. The zero-order chi connectivity index (χ0) is 18.4. The minimum Gasteiger partial charge on any atom is -0.340 e. The van der Waals surface area contributed by atoms with Gasteiger partial charge in [0.05, 0.1) is 23.6 Å². The third-order valence-electron chi connectivity index (χ3n) is 4.48. The predicted molar refractivity (Wildman–Crippen MR) is 93.1 cm³/mol. The van der Waals surface area contributed by atoms with Crippen LogP contribution in [0.4, 0.5) is 19.1 Å². The van der Waals surface area contributed by atoms with Gasteiger partial charge in [-0.2, -0.15) is 0 Å². The number of aromatic nitrogens is 4. The number of fused-ring (bicyclic) bond motifs is 1. The second-order valence-corrected chi connectivity index (χ2v) is 7.65. The maximum absolute atomic E-state index is 13.8. The number of halogens is 3. The molecule has 1 aliphatic rings.